The summed E-state index contributed by atoms with van der Waals surface area (Å²) in [5.74, 6) is -1.13. The van der Waals surface area contributed by atoms with E-state index in [1.165, 1.54) is 51.4 Å². The molecule has 0 aromatic heterocycles. The van der Waals surface area contributed by atoms with Crippen molar-refractivity contribution < 1.29 is 48.2 Å². The number of aliphatic hydroxyl groups is 2. The molecule has 0 aliphatic rings. The van der Waals surface area contributed by atoms with Crippen molar-refractivity contribution in [3.8, 4) is 0 Å². The predicted octanol–water partition coefficient (Wildman–Crippen LogP) is 7.56. The normalized spacial score (nSPS) is 14.5. The Hall–Kier alpha value is -2.07. The summed E-state index contributed by atoms with van der Waals surface area (Å²) in [7, 11) is -4.81. The van der Waals surface area contributed by atoms with E-state index in [9.17, 15) is 24.4 Å². The predicted molar refractivity (Wildman–Crippen MR) is 182 cm³/mol. The molecule has 3 atom stereocenters. The molecule has 0 radical (unpaired) electrons. The molecule has 0 aromatic rings. The molecule has 46 heavy (non-hydrogen) atoms. The molecular formula is C35H61O10P. The number of hydrogen-bond acceptors (Lipinski definition) is 8. The lowest BCUT2D eigenvalue weighted by Gasteiger charge is -2.18. The topological polar surface area (TPSA) is 160 Å². The van der Waals surface area contributed by atoms with Crippen molar-refractivity contribution in [1.29, 1.82) is 0 Å². The second-order valence-corrected chi connectivity index (χ2v) is 12.8. The molecule has 10 nitrogen and oxygen atoms in total. The lowest BCUT2D eigenvalue weighted by atomic mass is 10.1. The Morgan fingerprint density at radius 1 is 0.674 bits per heavy atom. The van der Waals surface area contributed by atoms with Crippen LogP contribution in [0, 0.1) is 0 Å². The Balaban J connectivity index is 4.34. The van der Waals surface area contributed by atoms with Crippen LogP contribution in [0.4, 0.5) is 0 Å². The van der Waals surface area contributed by atoms with Crippen LogP contribution >= 0.6 is 7.82 Å². The monoisotopic (exact) mass is 672 g/mol. The fourth-order valence-corrected chi connectivity index (χ4v) is 4.75. The molecule has 0 heterocycles. The number of carbonyl (C=O) groups excluding carboxylic acids is 2. The Kier molecular flexibility index (Phi) is 28.9. The highest BCUT2D eigenvalue weighted by Crippen LogP contribution is 2.35. The first-order valence-electron chi connectivity index (χ1n) is 17.1. The largest absolute Gasteiger partial charge is 0.469 e. The maximum Gasteiger partial charge on any atom is 0.469 e. The highest BCUT2D eigenvalue weighted by atomic mass is 31.2. The van der Waals surface area contributed by atoms with Crippen LogP contribution in [-0.4, -0.2) is 63.5 Å². The summed E-state index contributed by atoms with van der Waals surface area (Å²) in [5.41, 5.74) is 0. The van der Waals surface area contributed by atoms with Crippen molar-refractivity contribution in [2.75, 3.05) is 13.2 Å². The van der Waals surface area contributed by atoms with E-state index in [2.05, 4.69) is 24.4 Å². The zero-order valence-corrected chi connectivity index (χ0v) is 29.1. The molecule has 0 spiro atoms. The first-order valence-corrected chi connectivity index (χ1v) is 18.7. The Labute approximate surface area is 277 Å². The third-order valence-corrected chi connectivity index (χ3v) is 7.53. The van der Waals surface area contributed by atoms with Gasteiger partial charge in [0, 0.05) is 12.8 Å². The van der Waals surface area contributed by atoms with E-state index >= 15 is 0 Å². The van der Waals surface area contributed by atoms with E-state index in [0.717, 1.165) is 25.7 Å². The molecule has 4 N–H and O–H groups in total. The van der Waals surface area contributed by atoms with Crippen LogP contribution in [0.2, 0.25) is 0 Å². The van der Waals surface area contributed by atoms with Gasteiger partial charge in [-0.25, -0.2) is 4.57 Å². The highest BCUT2D eigenvalue weighted by Gasteiger charge is 2.23. The smallest absolute Gasteiger partial charge is 0.462 e. The summed E-state index contributed by atoms with van der Waals surface area (Å²) in [4.78, 5) is 42.5. The summed E-state index contributed by atoms with van der Waals surface area (Å²) in [6, 6.07) is 0. The number of phosphoric acid groups is 1. The van der Waals surface area contributed by atoms with Crippen LogP contribution < -0.4 is 0 Å². The molecule has 0 aliphatic heterocycles. The lowest BCUT2D eigenvalue weighted by molar-refractivity contribution is -0.161. The van der Waals surface area contributed by atoms with Crippen LogP contribution in [0.15, 0.2) is 48.6 Å². The number of aliphatic hydroxyl groups excluding tert-OH is 2. The molecule has 0 bridgehead atoms. The minimum absolute atomic E-state index is 0.0484. The van der Waals surface area contributed by atoms with Crippen molar-refractivity contribution in [1.82, 2.24) is 0 Å². The van der Waals surface area contributed by atoms with Gasteiger partial charge in [0.25, 0.3) is 0 Å². The maximum absolute atomic E-state index is 12.3. The van der Waals surface area contributed by atoms with Crippen LogP contribution in [0.1, 0.15) is 129 Å². The van der Waals surface area contributed by atoms with Crippen LogP contribution in [0.25, 0.3) is 0 Å². The second kappa shape index (κ2) is 30.3. The zero-order valence-electron chi connectivity index (χ0n) is 28.2. The zero-order chi connectivity index (χ0) is 34.3. The van der Waals surface area contributed by atoms with Crippen molar-refractivity contribution in [2.24, 2.45) is 0 Å². The molecule has 11 heteroatoms. The van der Waals surface area contributed by atoms with Gasteiger partial charge in [0.15, 0.2) is 6.10 Å². The first kappa shape index (κ1) is 43.9. The van der Waals surface area contributed by atoms with Gasteiger partial charge in [-0.3, -0.25) is 14.1 Å². The van der Waals surface area contributed by atoms with Gasteiger partial charge in [-0.05, 0) is 38.5 Å². The van der Waals surface area contributed by atoms with Gasteiger partial charge in [0.05, 0.1) is 18.8 Å². The number of esters is 2. The molecular weight excluding hydrogens is 611 g/mol. The Morgan fingerprint density at radius 3 is 1.87 bits per heavy atom. The van der Waals surface area contributed by atoms with E-state index in [1.807, 2.05) is 6.08 Å². The quantitative estimate of drug-likeness (QED) is 0.0197. The van der Waals surface area contributed by atoms with Gasteiger partial charge in [-0.2, -0.15) is 0 Å². The number of ether oxygens (including phenoxy) is 2. The molecule has 0 fully saturated rings. The van der Waals surface area contributed by atoms with Gasteiger partial charge in [0.2, 0.25) is 0 Å². The SMILES string of the molecule is CCCCC/C=C\C[C@H](O)/C=C/C=C/C=C\[C@H](O)CCCC(=O)O[C@H](COC(=O)CCCCCCCCCCC)COP(=O)(O)O. The summed E-state index contributed by atoms with van der Waals surface area (Å²) < 4.78 is 26.0. The van der Waals surface area contributed by atoms with E-state index in [4.69, 9.17) is 19.3 Å². The van der Waals surface area contributed by atoms with E-state index in [1.54, 1.807) is 36.5 Å². The Bertz CT molecular complexity index is 924. The number of unbranched alkanes of at least 4 members (excludes halogenated alkanes) is 11. The maximum atomic E-state index is 12.3. The number of phosphoric ester groups is 1. The van der Waals surface area contributed by atoms with Crippen LogP contribution in [-0.2, 0) is 28.2 Å². The van der Waals surface area contributed by atoms with Crippen molar-refractivity contribution >= 4 is 19.8 Å². The van der Waals surface area contributed by atoms with Crippen LogP contribution in [0.5, 0.6) is 0 Å². The summed E-state index contributed by atoms with van der Waals surface area (Å²) in [6.07, 6.45) is 27.6. The molecule has 0 aliphatic carbocycles. The highest BCUT2D eigenvalue weighted by molar-refractivity contribution is 7.46. The van der Waals surface area contributed by atoms with Gasteiger partial charge in [-0.1, -0.05) is 127 Å². The van der Waals surface area contributed by atoms with E-state index < -0.39 is 44.7 Å². The lowest BCUT2D eigenvalue weighted by Crippen LogP contribution is -2.29. The van der Waals surface area contributed by atoms with Gasteiger partial charge < -0.3 is 29.5 Å². The fourth-order valence-electron chi connectivity index (χ4n) is 4.39. The number of hydrogen-bond donors (Lipinski definition) is 4. The van der Waals surface area contributed by atoms with Gasteiger partial charge in [-0.15, -0.1) is 0 Å². The summed E-state index contributed by atoms with van der Waals surface area (Å²) in [5, 5.41) is 20.1. The minimum atomic E-state index is -4.81. The van der Waals surface area contributed by atoms with E-state index in [-0.39, 0.29) is 25.9 Å². The summed E-state index contributed by atoms with van der Waals surface area (Å²) in [6.45, 7) is 3.36. The number of carbonyl (C=O) groups is 2. The first-order chi connectivity index (χ1) is 22.1. The van der Waals surface area contributed by atoms with E-state index in [0.29, 0.717) is 19.3 Å². The molecule has 0 amide bonds. The number of rotatable bonds is 30. The van der Waals surface area contributed by atoms with Gasteiger partial charge in [0.1, 0.15) is 6.61 Å². The molecule has 266 valence electrons. The third-order valence-electron chi connectivity index (χ3n) is 7.04. The second-order valence-electron chi connectivity index (χ2n) is 11.5. The molecule has 0 rings (SSSR count). The van der Waals surface area contributed by atoms with Crippen molar-refractivity contribution in [3.05, 3.63) is 48.6 Å². The molecule has 0 unspecified atom stereocenters. The average molecular weight is 673 g/mol. The van der Waals surface area contributed by atoms with Crippen molar-refractivity contribution in [3.63, 3.8) is 0 Å². The summed E-state index contributed by atoms with van der Waals surface area (Å²) >= 11 is 0. The van der Waals surface area contributed by atoms with Crippen LogP contribution in [0.3, 0.4) is 0 Å². The standard InChI is InChI=1S/C35H61O10P/c1-3-5-7-9-11-12-13-15-21-27-34(38)43-29-33(30-44-46(40,41)42)45-35(39)28-22-26-32(37)25-20-17-16-19-24-31(36)23-18-14-10-8-6-4-2/h14,16-20,24-25,31-33,36-37H,3-13,15,21-23,26-30H2,1-2H3,(H2,40,41,42)/b17-16+,18-14-,24-19+,25-20-/t31-,32-,33+/m0/s1. The minimum Gasteiger partial charge on any atom is -0.462 e. The average Bonchev–Trinajstić information content (AvgIpc) is 3.00. The third kappa shape index (κ3) is 31.9. The fraction of sp³-hybridized carbons (Fsp3) is 0.714. The molecule has 0 aromatic carbocycles. The van der Waals surface area contributed by atoms with Crippen molar-refractivity contribution in [2.45, 2.75) is 148 Å². The number of allylic oxidation sites excluding steroid dienone is 5. The van der Waals surface area contributed by atoms with Gasteiger partial charge >= 0.3 is 19.8 Å². The molecule has 0 saturated carbocycles. The molecule has 0 saturated heterocycles. The Morgan fingerprint density at radius 2 is 1.24 bits per heavy atom.